The van der Waals surface area contributed by atoms with E-state index in [9.17, 15) is 4.39 Å². The van der Waals surface area contributed by atoms with E-state index in [0.717, 1.165) is 46.6 Å². The van der Waals surface area contributed by atoms with Gasteiger partial charge < -0.3 is 10.7 Å². The molecule has 23 heavy (non-hydrogen) atoms. The van der Waals surface area contributed by atoms with Gasteiger partial charge in [0.1, 0.15) is 17.5 Å². The molecule has 0 saturated heterocycles. The van der Waals surface area contributed by atoms with Crippen LogP contribution >= 0.6 is 0 Å². The Kier molecular flexibility index (Phi) is 3.19. The summed E-state index contributed by atoms with van der Waals surface area (Å²) in [5.74, 6) is 1.17. The number of rotatable bonds is 2. The van der Waals surface area contributed by atoms with E-state index in [1.54, 1.807) is 24.5 Å². The third kappa shape index (κ3) is 2.40. The number of hydrogen-bond acceptors (Lipinski definition) is 3. The average Bonchev–Trinajstić information content (AvgIpc) is 2.94. The minimum absolute atomic E-state index is 0.252. The molecule has 0 bridgehead atoms. The summed E-state index contributed by atoms with van der Waals surface area (Å²) < 4.78 is 13.2. The van der Waals surface area contributed by atoms with Crippen molar-refractivity contribution in [2.75, 3.05) is 0 Å². The molecule has 1 aliphatic rings. The lowest BCUT2D eigenvalue weighted by atomic mass is 9.95. The number of aromatic nitrogens is 2. The number of H-pyrrole nitrogens is 1. The standard InChI is InChI=1S/C18H15FN4/c19-13-3-1-12(2-4-13)17-16(11-7-9-21-10-8-11)14-5-6-15(20)22-18(14)23-17/h1-4,7-10,23H,5-6H2,(H2,20,22). The molecular weight excluding hydrogens is 291 g/mol. The molecule has 4 nitrogen and oxygen atoms in total. The minimum Gasteiger partial charge on any atom is -0.387 e. The predicted molar refractivity (Wildman–Crippen MR) is 89.0 cm³/mol. The topological polar surface area (TPSA) is 67.1 Å². The molecule has 0 radical (unpaired) electrons. The van der Waals surface area contributed by atoms with Gasteiger partial charge in [0.15, 0.2) is 0 Å². The lowest BCUT2D eigenvalue weighted by Crippen LogP contribution is -2.15. The molecule has 1 aliphatic heterocycles. The van der Waals surface area contributed by atoms with Crippen molar-refractivity contribution >= 4 is 11.7 Å². The maximum atomic E-state index is 13.2. The van der Waals surface area contributed by atoms with E-state index in [4.69, 9.17) is 5.73 Å². The third-order valence-corrected chi connectivity index (χ3v) is 4.07. The Hall–Kier alpha value is -2.95. The van der Waals surface area contributed by atoms with Crippen LogP contribution in [0.3, 0.4) is 0 Å². The number of benzene rings is 1. The Morgan fingerprint density at radius 3 is 2.43 bits per heavy atom. The summed E-state index contributed by atoms with van der Waals surface area (Å²) in [6.07, 6.45) is 5.11. The number of amidine groups is 1. The predicted octanol–water partition coefficient (Wildman–Crippen LogP) is 3.82. The number of pyridine rings is 1. The van der Waals surface area contributed by atoms with Crippen LogP contribution in [0.1, 0.15) is 12.0 Å². The highest BCUT2D eigenvalue weighted by atomic mass is 19.1. The molecule has 3 heterocycles. The summed E-state index contributed by atoms with van der Waals surface area (Å²) in [7, 11) is 0. The van der Waals surface area contributed by atoms with Gasteiger partial charge in [-0.25, -0.2) is 9.38 Å². The van der Waals surface area contributed by atoms with Gasteiger partial charge in [-0.1, -0.05) is 0 Å². The normalized spacial score (nSPS) is 13.5. The molecule has 0 spiro atoms. The van der Waals surface area contributed by atoms with Gasteiger partial charge in [0.2, 0.25) is 0 Å². The van der Waals surface area contributed by atoms with Crippen LogP contribution in [0.25, 0.3) is 22.4 Å². The Labute approximate surface area is 132 Å². The van der Waals surface area contributed by atoms with Crippen LogP contribution in [-0.4, -0.2) is 15.8 Å². The van der Waals surface area contributed by atoms with Crippen LogP contribution in [0.15, 0.2) is 53.8 Å². The van der Waals surface area contributed by atoms with Gasteiger partial charge in [0.25, 0.3) is 0 Å². The Morgan fingerprint density at radius 1 is 0.957 bits per heavy atom. The first-order chi connectivity index (χ1) is 11.2. The summed E-state index contributed by atoms with van der Waals surface area (Å²) >= 11 is 0. The molecule has 0 atom stereocenters. The van der Waals surface area contributed by atoms with E-state index in [0.29, 0.717) is 5.84 Å². The van der Waals surface area contributed by atoms with Crippen molar-refractivity contribution in [3.8, 4) is 22.4 Å². The van der Waals surface area contributed by atoms with Crippen molar-refractivity contribution in [1.82, 2.24) is 9.97 Å². The maximum Gasteiger partial charge on any atom is 0.136 e. The average molecular weight is 306 g/mol. The van der Waals surface area contributed by atoms with Gasteiger partial charge in [-0.3, -0.25) is 4.98 Å². The molecule has 2 aromatic heterocycles. The highest BCUT2D eigenvalue weighted by molar-refractivity contribution is 5.92. The Balaban J connectivity index is 1.97. The first-order valence-corrected chi connectivity index (χ1v) is 7.46. The largest absolute Gasteiger partial charge is 0.387 e. The number of hydrogen-bond donors (Lipinski definition) is 2. The van der Waals surface area contributed by atoms with E-state index in [1.165, 1.54) is 12.1 Å². The number of nitrogens with two attached hydrogens (primary N) is 1. The second-order valence-electron chi connectivity index (χ2n) is 5.55. The molecule has 3 N–H and O–H groups in total. The summed E-state index contributed by atoms with van der Waals surface area (Å²) in [5.41, 5.74) is 11.0. The fourth-order valence-corrected chi connectivity index (χ4v) is 2.99. The van der Waals surface area contributed by atoms with Crippen molar-refractivity contribution in [3.63, 3.8) is 0 Å². The van der Waals surface area contributed by atoms with Gasteiger partial charge in [0.05, 0.1) is 5.69 Å². The highest BCUT2D eigenvalue weighted by Gasteiger charge is 2.22. The summed E-state index contributed by atoms with van der Waals surface area (Å²) in [6.45, 7) is 0. The first-order valence-electron chi connectivity index (χ1n) is 7.46. The van der Waals surface area contributed by atoms with Crippen molar-refractivity contribution in [2.24, 2.45) is 10.7 Å². The van der Waals surface area contributed by atoms with E-state index in [1.807, 2.05) is 12.1 Å². The van der Waals surface area contributed by atoms with Crippen molar-refractivity contribution in [1.29, 1.82) is 0 Å². The van der Waals surface area contributed by atoms with E-state index in [2.05, 4.69) is 15.0 Å². The number of aromatic amines is 1. The molecule has 0 saturated carbocycles. The van der Waals surface area contributed by atoms with Crippen LogP contribution in [-0.2, 0) is 6.42 Å². The Bertz CT molecular complexity index is 879. The monoisotopic (exact) mass is 306 g/mol. The van der Waals surface area contributed by atoms with Crippen LogP contribution in [0.2, 0.25) is 0 Å². The van der Waals surface area contributed by atoms with Gasteiger partial charge >= 0.3 is 0 Å². The molecule has 5 heteroatoms. The van der Waals surface area contributed by atoms with Crippen LogP contribution < -0.4 is 5.73 Å². The number of nitrogens with one attached hydrogen (secondary N) is 1. The molecule has 0 unspecified atom stereocenters. The van der Waals surface area contributed by atoms with Gasteiger partial charge in [-0.15, -0.1) is 0 Å². The van der Waals surface area contributed by atoms with E-state index >= 15 is 0 Å². The zero-order valence-electron chi connectivity index (χ0n) is 12.4. The molecule has 114 valence electrons. The molecule has 0 fully saturated rings. The minimum atomic E-state index is -0.252. The fraction of sp³-hybridized carbons (Fsp3) is 0.111. The van der Waals surface area contributed by atoms with Gasteiger partial charge in [-0.2, -0.15) is 0 Å². The van der Waals surface area contributed by atoms with Crippen LogP contribution in [0, 0.1) is 5.82 Å². The smallest absolute Gasteiger partial charge is 0.136 e. The number of aliphatic imine (C=N–C) groups is 1. The summed E-state index contributed by atoms with van der Waals surface area (Å²) in [4.78, 5) is 11.9. The SMILES string of the molecule is NC1=Nc2[nH]c(-c3ccc(F)cc3)c(-c3ccncc3)c2CC1. The van der Waals surface area contributed by atoms with Crippen molar-refractivity contribution in [3.05, 3.63) is 60.2 Å². The van der Waals surface area contributed by atoms with E-state index in [-0.39, 0.29) is 5.82 Å². The lowest BCUT2D eigenvalue weighted by molar-refractivity contribution is 0.628. The molecule has 0 amide bonds. The summed E-state index contributed by atoms with van der Waals surface area (Å²) in [6, 6.07) is 10.4. The van der Waals surface area contributed by atoms with Crippen molar-refractivity contribution in [2.45, 2.75) is 12.8 Å². The van der Waals surface area contributed by atoms with Crippen molar-refractivity contribution < 1.29 is 4.39 Å². The van der Waals surface area contributed by atoms with Gasteiger partial charge in [0, 0.05) is 29.9 Å². The third-order valence-electron chi connectivity index (χ3n) is 4.07. The number of fused-ring (bicyclic) bond motifs is 1. The first kappa shape index (κ1) is 13.7. The van der Waals surface area contributed by atoms with Crippen LogP contribution in [0.5, 0.6) is 0 Å². The van der Waals surface area contributed by atoms with Gasteiger partial charge in [-0.05, 0) is 53.9 Å². The second-order valence-corrected chi connectivity index (χ2v) is 5.55. The molecule has 1 aromatic carbocycles. The number of halogens is 1. The maximum absolute atomic E-state index is 13.2. The zero-order chi connectivity index (χ0) is 15.8. The second kappa shape index (κ2) is 5.35. The van der Waals surface area contributed by atoms with E-state index < -0.39 is 0 Å². The molecule has 4 rings (SSSR count). The highest BCUT2D eigenvalue weighted by Crippen LogP contribution is 2.41. The molecule has 3 aromatic rings. The molecular formula is C18H15FN4. The number of nitrogens with zero attached hydrogens (tertiary/aromatic N) is 2. The van der Waals surface area contributed by atoms with Crippen LogP contribution in [0.4, 0.5) is 10.2 Å². The summed E-state index contributed by atoms with van der Waals surface area (Å²) in [5, 5.41) is 0. The Morgan fingerprint density at radius 2 is 1.70 bits per heavy atom. The fourth-order valence-electron chi connectivity index (χ4n) is 2.99. The molecule has 0 aliphatic carbocycles. The quantitative estimate of drug-likeness (QED) is 0.756. The lowest BCUT2D eigenvalue weighted by Gasteiger charge is -2.11. The zero-order valence-corrected chi connectivity index (χ0v) is 12.4.